The van der Waals surface area contributed by atoms with E-state index in [4.69, 9.17) is 5.73 Å². The van der Waals surface area contributed by atoms with Crippen LogP contribution in [0.4, 0.5) is 5.69 Å². The van der Waals surface area contributed by atoms with Crippen LogP contribution in [-0.4, -0.2) is 8.42 Å². The van der Waals surface area contributed by atoms with Crippen molar-refractivity contribution in [2.75, 3.05) is 5.73 Å². The lowest BCUT2D eigenvalue weighted by molar-refractivity contribution is 0.568. The molecule has 0 saturated carbocycles. The van der Waals surface area contributed by atoms with E-state index in [1.807, 2.05) is 26.0 Å². The molecule has 108 valence electrons. The zero-order valence-corrected chi connectivity index (χ0v) is 14.3. The molecule has 1 heterocycles. The molecule has 2 rings (SSSR count). The van der Waals surface area contributed by atoms with Gasteiger partial charge in [-0.2, -0.15) is 0 Å². The number of sulfonamides is 1. The Kier molecular flexibility index (Phi) is 4.53. The zero-order valence-electron chi connectivity index (χ0n) is 11.1. The lowest BCUT2D eigenvalue weighted by Gasteiger charge is -2.13. The molecule has 3 N–H and O–H groups in total. The Morgan fingerprint density at radius 1 is 1.30 bits per heavy atom. The van der Waals surface area contributed by atoms with Gasteiger partial charge in [0, 0.05) is 19.9 Å². The summed E-state index contributed by atoms with van der Waals surface area (Å²) in [7, 11) is -3.57. The zero-order chi connectivity index (χ0) is 14.9. The summed E-state index contributed by atoms with van der Waals surface area (Å²) in [5.74, 6) is 0. The number of benzene rings is 1. The van der Waals surface area contributed by atoms with Crippen LogP contribution in [0.25, 0.3) is 0 Å². The van der Waals surface area contributed by atoms with Crippen LogP contribution in [0, 0.1) is 6.92 Å². The quantitative estimate of drug-likeness (QED) is 0.805. The Morgan fingerprint density at radius 3 is 2.55 bits per heavy atom. The molecule has 0 aliphatic rings. The third-order valence-electron chi connectivity index (χ3n) is 2.80. The van der Waals surface area contributed by atoms with E-state index in [0.717, 1.165) is 9.75 Å². The number of nitrogens with one attached hydrogen (secondary N) is 1. The number of anilines is 1. The molecule has 0 fully saturated rings. The van der Waals surface area contributed by atoms with Gasteiger partial charge in [-0.1, -0.05) is 0 Å². The summed E-state index contributed by atoms with van der Waals surface area (Å²) in [6.07, 6.45) is 0. The highest BCUT2D eigenvalue weighted by molar-refractivity contribution is 9.10. The third-order valence-corrected chi connectivity index (χ3v) is 6.21. The van der Waals surface area contributed by atoms with E-state index in [1.165, 1.54) is 12.1 Å². The number of nitrogen functional groups attached to an aromatic ring is 1. The Labute approximate surface area is 131 Å². The van der Waals surface area contributed by atoms with Crippen molar-refractivity contribution < 1.29 is 8.42 Å². The molecule has 0 radical (unpaired) electrons. The summed E-state index contributed by atoms with van der Waals surface area (Å²) >= 11 is 4.82. The molecular formula is C13H15BrN2O2S2. The Hall–Kier alpha value is -0.890. The monoisotopic (exact) mass is 374 g/mol. The Bertz CT molecular complexity index is 726. The van der Waals surface area contributed by atoms with E-state index < -0.39 is 10.0 Å². The number of hydrogen-bond donors (Lipinski definition) is 2. The molecule has 7 heteroatoms. The standard InChI is InChI=1S/C13H15BrN2O2S2/c1-8-3-6-13(19-8)9(2)16-20(17,18)10-4-5-12(15)11(14)7-10/h3-7,9,16H,15H2,1-2H3. The normalized spacial score (nSPS) is 13.3. The summed E-state index contributed by atoms with van der Waals surface area (Å²) < 4.78 is 27.9. The molecule has 1 atom stereocenters. The van der Waals surface area contributed by atoms with Crippen LogP contribution in [0.1, 0.15) is 22.7 Å². The van der Waals surface area contributed by atoms with Gasteiger partial charge in [0.25, 0.3) is 0 Å². The third kappa shape index (κ3) is 3.41. The van der Waals surface area contributed by atoms with E-state index in [9.17, 15) is 8.42 Å². The van der Waals surface area contributed by atoms with Gasteiger partial charge in [0.2, 0.25) is 10.0 Å². The lowest BCUT2D eigenvalue weighted by Crippen LogP contribution is -2.26. The smallest absolute Gasteiger partial charge is 0.241 e. The fourth-order valence-corrected chi connectivity index (χ4v) is 4.45. The summed E-state index contributed by atoms with van der Waals surface area (Å²) in [5.41, 5.74) is 6.17. The maximum Gasteiger partial charge on any atom is 0.241 e. The highest BCUT2D eigenvalue weighted by Gasteiger charge is 2.19. The van der Waals surface area contributed by atoms with Gasteiger partial charge in [-0.25, -0.2) is 13.1 Å². The second-order valence-corrected chi connectivity index (χ2v) is 8.36. The fraction of sp³-hybridized carbons (Fsp3) is 0.231. The molecule has 0 aliphatic heterocycles. The second-order valence-electron chi connectivity index (χ2n) is 4.47. The molecule has 1 aromatic carbocycles. The minimum atomic E-state index is -3.57. The van der Waals surface area contributed by atoms with Gasteiger partial charge >= 0.3 is 0 Å². The lowest BCUT2D eigenvalue weighted by atomic mass is 10.3. The number of halogens is 1. The van der Waals surface area contributed by atoms with Crippen LogP contribution in [0.3, 0.4) is 0 Å². The molecule has 0 amide bonds. The van der Waals surface area contributed by atoms with E-state index >= 15 is 0 Å². The fourth-order valence-electron chi connectivity index (χ4n) is 1.72. The van der Waals surface area contributed by atoms with E-state index in [1.54, 1.807) is 17.4 Å². The van der Waals surface area contributed by atoms with Crippen molar-refractivity contribution in [2.24, 2.45) is 0 Å². The van der Waals surface area contributed by atoms with Crippen molar-refractivity contribution in [3.63, 3.8) is 0 Å². The summed E-state index contributed by atoms with van der Waals surface area (Å²) in [4.78, 5) is 2.33. The van der Waals surface area contributed by atoms with Gasteiger partial charge in [-0.15, -0.1) is 11.3 Å². The summed E-state index contributed by atoms with van der Waals surface area (Å²) in [5, 5.41) is 0. The van der Waals surface area contributed by atoms with Crippen molar-refractivity contribution in [3.8, 4) is 0 Å². The Morgan fingerprint density at radius 2 is 2.00 bits per heavy atom. The number of hydrogen-bond acceptors (Lipinski definition) is 4. The van der Waals surface area contributed by atoms with Crippen LogP contribution in [-0.2, 0) is 10.0 Å². The summed E-state index contributed by atoms with van der Waals surface area (Å²) in [6.45, 7) is 3.82. The first-order chi connectivity index (χ1) is 9.29. The Balaban J connectivity index is 2.24. The van der Waals surface area contributed by atoms with Gasteiger partial charge in [0.15, 0.2) is 0 Å². The van der Waals surface area contributed by atoms with Gasteiger partial charge in [0.1, 0.15) is 0 Å². The SMILES string of the molecule is Cc1ccc(C(C)NS(=O)(=O)c2ccc(N)c(Br)c2)s1. The average molecular weight is 375 g/mol. The molecule has 1 aromatic heterocycles. The van der Waals surface area contributed by atoms with Crippen molar-refractivity contribution in [1.82, 2.24) is 4.72 Å². The van der Waals surface area contributed by atoms with Gasteiger partial charge in [-0.3, -0.25) is 0 Å². The van der Waals surface area contributed by atoms with E-state index in [0.29, 0.717) is 10.2 Å². The van der Waals surface area contributed by atoms with Crippen molar-refractivity contribution in [2.45, 2.75) is 24.8 Å². The van der Waals surface area contributed by atoms with Crippen LogP contribution in [0.15, 0.2) is 39.7 Å². The van der Waals surface area contributed by atoms with Crippen LogP contribution in [0.5, 0.6) is 0 Å². The molecule has 1 unspecified atom stereocenters. The number of rotatable bonds is 4. The molecule has 2 aromatic rings. The van der Waals surface area contributed by atoms with Crippen LogP contribution < -0.4 is 10.5 Å². The maximum atomic E-state index is 12.3. The largest absolute Gasteiger partial charge is 0.398 e. The van der Waals surface area contributed by atoms with E-state index in [2.05, 4.69) is 20.7 Å². The molecule has 4 nitrogen and oxygen atoms in total. The second kappa shape index (κ2) is 5.85. The molecule has 0 aliphatic carbocycles. The summed E-state index contributed by atoms with van der Waals surface area (Å²) in [6, 6.07) is 8.21. The van der Waals surface area contributed by atoms with Gasteiger partial charge in [-0.05, 0) is 60.1 Å². The number of aryl methyl sites for hydroxylation is 1. The number of thiophene rings is 1. The van der Waals surface area contributed by atoms with Crippen molar-refractivity contribution in [3.05, 3.63) is 44.6 Å². The van der Waals surface area contributed by atoms with Crippen molar-refractivity contribution >= 4 is 43.0 Å². The molecule has 0 saturated heterocycles. The maximum absolute atomic E-state index is 12.3. The average Bonchev–Trinajstić information content (AvgIpc) is 2.79. The molecule has 0 bridgehead atoms. The topological polar surface area (TPSA) is 72.2 Å². The van der Waals surface area contributed by atoms with E-state index in [-0.39, 0.29) is 10.9 Å². The molecule has 0 spiro atoms. The highest BCUT2D eigenvalue weighted by Crippen LogP contribution is 2.26. The first-order valence-corrected chi connectivity index (χ1v) is 9.02. The predicted octanol–water partition coefficient (Wildman–Crippen LogP) is 3.44. The van der Waals surface area contributed by atoms with Gasteiger partial charge < -0.3 is 5.73 Å². The minimum Gasteiger partial charge on any atom is -0.398 e. The van der Waals surface area contributed by atoms with Crippen molar-refractivity contribution in [1.29, 1.82) is 0 Å². The molecular weight excluding hydrogens is 360 g/mol. The predicted molar refractivity (Wildman–Crippen MR) is 86.3 cm³/mol. The highest BCUT2D eigenvalue weighted by atomic mass is 79.9. The van der Waals surface area contributed by atoms with Crippen LogP contribution in [0.2, 0.25) is 0 Å². The first kappa shape index (κ1) is 15.5. The van der Waals surface area contributed by atoms with Crippen LogP contribution >= 0.6 is 27.3 Å². The van der Waals surface area contributed by atoms with Gasteiger partial charge in [0.05, 0.1) is 10.9 Å². The minimum absolute atomic E-state index is 0.193. The molecule has 20 heavy (non-hydrogen) atoms. The first-order valence-electron chi connectivity index (χ1n) is 5.93. The number of nitrogens with two attached hydrogens (primary N) is 1.